The van der Waals surface area contributed by atoms with Crippen molar-refractivity contribution in [2.24, 2.45) is 4.99 Å². The van der Waals surface area contributed by atoms with Crippen LogP contribution in [-0.4, -0.2) is 61.7 Å². The quantitative estimate of drug-likeness (QED) is 0.339. The fraction of sp³-hybridized carbons (Fsp3) is 0.476. The molecule has 1 aliphatic heterocycles. The van der Waals surface area contributed by atoms with Gasteiger partial charge in [-0.25, -0.2) is 4.39 Å². The van der Waals surface area contributed by atoms with E-state index >= 15 is 0 Å². The standard InChI is InChI=1S/C21H31FN6.HI/c1-3-26-12-14-28(15-13-26)20-7-6-18(16-19(20)22)17-25-21(23-2)24-8-11-27-9-4-5-10-27;/h4-7,9-10,16H,3,8,11-15,17H2,1-2H3,(H2,23,24,25);1H. The van der Waals surface area contributed by atoms with Gasteiger partial charge in [-0.3, -0.25) is 4.99 Å². The average molecular weight is 514 g/mol. The third-order valence-corrected chi connectivity index (χ3v) is 5.18. The van der Waals surface area contributed by atoms with E-state index < -0.39 is 0 Å². The Balaban J connectivity index is 0.00000300. The fourth-order valence-corrected chi connectivity index (χ4v) is 3.45. The average Bonchev–Trinajstić information content (AvgIpc) is 3.24. The van der Waals surface area contributed by atoms with E-state index in [4.69, 9.17) is 0 Å². The number of halogens is 2. The van der Waals surface area contributed by atoms with Gasteiger partial charge in [-0.1, -0.05) is 13.0 Å². The third-order valence-electron chi connectivity index (χ3n) is 5.18. The molecule has 0 amide bonds. The topological polar surface area (TPSA) is 47.8 Å². The number of hydrogen-bond donors (Lipinski definition) is 2. The van der Waals surface area contributed by atoms with Gasteiger partial charge in [0, 0.05) is 65.3 Å². The molecule has 2 aromatic rings. The second kappa shape index (κ2) is 12.0. The molecule has 3 rings (SSSR count). The molecule has 2 N–H and O–H groups in total. The lowest BCUT2D eigenvalue weighted by molar-refractivity contribution is 0.270. The van der Waals surface area contributed by atoms with Crippen LogP contribution in [0, 0.1) is 5.82 Å². The van der Waals surface area contributed by atoms with Crippen LogP contribution in [0.3, 0.4) is 0 Å². The molecule has 6 nitrogen and oxygen atoms in total. The summed E-state index contributed by atoms with van der Waals surface area (Å²) in [6, 6.07) is 9.53. The number of hydrogen-bond acceptors (Lipinski definition) is 3. The first kappa shape index (κ1) is 23.5. The van der Waals surface area contributed by atoms with Crippen molar-refractivity contribution in [1.82, 2.24) is 20.1 Å². The maximum atomic E-state index is 14.6. The molecule has 0 spiro atoms. The van der Waals surface area contributed by atoms with E-state index in [0.717, 1.165) is 51.4 Å². The molecule has 1 saturated heterocycles. The van der Waals surface area contributed by atoms with Crippen LogP contribution in [0.15, 0.2) is 47.7 Å². The molecule has 1 aliphatic rings. The van der Waals surface area contributed by atoms with E-state index in [1.807, 2.05) is 36.7 Å². The van der Waals surface area contributed by atoms with Gasteiger partial charge in [0.1, 0.15) is 5.82 Å². The molecule has 0 saturated carbocycles. The van der Waals surface area contributed by atoms with Gasteiger partial charge in [-0.05, 0) is 36.4 Å². The molecule has 0 aliphatic carbocycles. The lowest BCUT2D eigenvalue weighted by Crippen LogP contribution is -2.46. The second-order valence-electron chi connectivity index (χ2n) is 6.98. The van der Waals surface area contributed by atoms with Crippen LogP contribution < -0.4 is 15.5 Å². The van der Waals surface area contributed by atoms with Gasteiger partial charge >= 0.3 is 0 Å². The maximum Gasteiger partial charge on any atom is 0.191 e. The molecule has 0 bridgehead atoms. The predicted octanol–water partition coefficient (Wildman–Crippen LogP) is 2.75. The van der Waals surface area contributed by atoms with Crippen LogP contribution in [0.2, 0.25) is 0 Å². The number of piperazine rings is 1. The first-order valence-electron chi connectivity index (χ1n) is 10.0. The molecular weight excluding hydrogens is 482 g/mol. The van der Waals surface area contributed by atoms with Crippen LogP contribution >= 0.6 is 24.0 Å². The summed E-state index contributed by atoms with van der Waals surface area (Å²) in [7, 11) is 1.74. The lowest BCUT2D eigenvalue weighted by Gasteiger charge is -2.35. The molecule has 0 atom stereocenters. The van der Waals surface area contributed by atoms with E-state index in [0.29, 0.717) is 18.2 Å². The van der Waals surface area contributed by atoms with E-state index in [2.05, 4.69) is 36.9 Å². The Morgan fingerprint density at radius 3 is 2.45 bits per heavy atom. The maximum absolute atomic E-state index is 14.6. The highest BCUT2D eigenvalue weighted by Gasteiger charge is 2.18. The Hall–Kier alpha value is -1.81. The number of aromatic nitrogens is 1. The number of likely N-dealkylation sites (N-methyl/N-ethyl adjacent to an activating group) is 1. The summed E-state index contributed by atoms with van der Waals surface area (Å²) in [6.07, 6.45) is 4.06. The minimum atomic E-state index is -0.153. The third kappa shape index (κ3) is 6.88. The molecule has 29 heavy (non-hydrogen) atoms. The number of rotatable bonds is 7. The van der Waals surface area contributed by atoms with Gasteiger partial charge in [-0.2, -0.15) is 0 Å². The number of benzene rings is 1. The summed E-state index contributed by atoms with van der Waals surface area (Å²) < 4.78 is 16.8. The van der Waals surface area contributed by atoms with Crippen molar-refractivity contribution < 1.29 is 4.39 Å². The first-order chi connectivity index (χ1) is 13.7. The Kier molecular flexibility index (Phi) is 9.72. The van der Waals surface area contributed by atoms with E-state index in [1.54, 1.807) is 13.1 Å². The summed E-state index contributed by atoms with van der Waals surface area (Å²) >= 11 is 0. The molecule has 1 fully saturated rings. The fourth-order valence-electron chi connectivity index (χ4n) is 3.45. The van der Waals surface area contributed by atoms with Crippen LogP contribution in [0.4, 0.5) is 10.1 Å². The zero-order valence-corrected chi connectivity index (χ0v) is 19.6. The van der Waals surface area contributed by atoms with Gasteiger partial charge in [-0.15, -0.1) is 24.0 Å². The Morgan fingerprint density at radius 2 is 1.83 bits per heavy atom. The Morgan fingerprint density at radius 1 is 1.10 bits per heavy atom. The minimum absolute atomic E-state index is 0. The summed E-state index contributed by atoms with van der Waals surface area (Å²) in [5.41, 5.74) is 1.61. The lowest BCUT2D eigenvalue weighted by atomic mass is 10.1. The summed E-state index contributed by atoms with van der Waals surface area (Å²) in [6.45, 7) is 9.12. The van der Waals surface area contributed by atoms with Crippen molar-refractivity contribution in [2.45, 2.75) is 20.0 Å². The smallest absolute Gasteiger partial charge is 0.191 e. The van der Waals surface area contributed by atoms with Gasteiger partial charge < -0.3 is 25.0 Å². The van der Waals surface area contributed by atoms with E-state index in [1.165, 1.54) is 0 Å². The van der Waals surface area contributed by atoms with Crippen molar-refractivity contribution in [3.05, 3.63) is 54.1 Å². The van der Waals surface area contributed by atoms with Gasteiger partial charge in [0.15, 0.2) is 5.96 Å². The SMILES string of the molecule is CCN1CCN(c2ccc(CNC(=NC)NCCn3cccc3)cc2F)CC1.I. The molecule has 0 radical (unpaired) electrons. The van der Waals surface area contributed by atoms with E-state index in [9.17, 15) is 4.39 Å². The highest BCUT2D eigenvalue weighted by Crippen LogP contribution is 2.22. The first-order valence-corrected chi connectivity index (χ1v) is 10.0. The highest BCUT2D eigenvalue weighted by atomic mass is 127. The van der Waals surface area contributed by atoms with Crippen LogP contribution in [0.25, 0.3) is 0 Å². The predicted molar refractivity (Wildman–Crippen MR) is 129 cm³/mol. The largest absolute Gasteiger partial charge is 0.367 e. The van der Waals surface area contributed by atoms with Crippen molar-refractivity contribution >= 4 is 35.6 Å². The zero-order chi connectivity index (χ0) is 19.8. The molecule has 8 heteroatoms. The monoisotopic (exact) mass is 514 g/mol. The van der Waals surface area contributed by atoms with Crippen molar-refractivity contribution in [3.63, 3.8) is 0 Å². The van der Waals surface area contributed by atoms with Gasteiger partial charge in [0.2, 0.25) is 0 Å². The molecule has 1 aromatic carbocycles. The van der Waals surface area contributed by atoms with Crippen LogP contribution in [0.1, 0.15) is 12.5 Å². The Bertz CT molecular complexity index is 757. The number of nitrogens with zero attached hydrogens (tertiary/aromatic N) is 4. The van der Waals surface area contributed by atoms with Gasteiger partial charge in [0.05, 0.1) is 5.69 Å². The highest BCUT2D eigenvalue weighted by molar-refractivity contribution is 14.0. The molecule has 2 heterocycles. The number of guanidine groups is 1. The van der Waals surface area contributed by atoms with Crippen molar-refractivity contribution in [3.8, 4) is 0 Å². The molecule has 160 valence electrons. The van der Waals surface area contributed by atoms with Crippen molar-refractivity contribution in [1.29, 1.82) is 0 Å². The molecule has 0 unspecified atom stereocenters. The Labute approximate surface area is 190 Å². The molecule has 1 aromatic heterocycles. The molecular formula is C21H32FIN6. The summed E-state index contributed by atoms with van der Waals surface area (Å²) in [4.78, 5) is 8.76. The summed E-state index contributed by atoms with van der Waals surface area (Å²) in [5, 5.41) is 6.52. The van der Waals surface area contributed by atoms with Crippen LogP contribution in [0.5, 0.6) is 0 Å². The van der Waals surface area contributed by atoms with Crippen molar-refractivity contribution in [2.75, 3.05) is 51.2 Å². The van der Waals surface area contributed by atoms with Gasteiger partial charge in [0.25, 0.3) is 0 Å². The van der Waals surface area contributed by atoms with E-state index in [-0.39, 0.29) is 29.8 Å². The van der Waals surface area contributed by atoms with Crippen LogP contribution in [-0.2, 0) is 13.1 Å². The second-order valence-corrected chi connectivity index (χ2v) is 6.98. The number of aliphatic imine (C=N–C) groups is 1. The normalized spacial score (nSPS) is 15.1. The number of nitrogens with one attached hydrogen (secondary N) is 2. The summed E-state index contributed by atoms with van der Waals surface area (Å²) in [5.74, 6) is 0.562. The zero-order valence-electron chi connectivity index (χ0n) is 17.3. The number of anilines is 1. The minimum Gasteiger partial charge on any atom is -0.367 e.